The van der Waals surface area contributed by atoms with Gasteiger partial charge in [-0.25, -0.2) is 8.42 Å². The van der Waals surface area contributed by atoms with Gasteiger partial charge in [-0.1, -0.05) is 12.1 Å². The molecule has 23 heavy (non-hydrogen) atoms. The lowest BCUT2D eigenvalue weighted by atomic mass is 10.3. The van der Waals surface area contributed by atoms with Crippen molar-refractivity contribution < 1.29 is 22.6 Å². The zero-order valence-corrected chi connectivity index (χ0v) is 14.0. The monoisotopic (exact) mass is 337 g/mol. The number of para-hydroxylation sites is 2. The van der Waals surface area contributed by atoms with Crippen LogP contribution in [0, 0.1) is 0 Å². The molecule has 124 valence electrons. The van der Waals surface area contributed by atoms with E-state index < -0.39 is 10.0 Å². The number of hydrogen-bond acceptors (Lipinski definition) is 5. The molecule has 0 fully saturated rings. The molecule has 0 unspecified atom stereocenters. The summed E-state index contributed by atoms with van der Waals surface area (Å²) >= 11 is 0. The van der Waals surface area contributed by atoms with E-state index in [0.29, 0.717) is 23.8 Å². The van der Waals surface area contributed by atoms with Crippen LogP contribution in [0.2, 0.25) is 0 Å². The van der Waals surface area contributed by atoms with E-state index in [2.05, 4.69) is 4.72 Å². The SMILES string of the molecule is CCOc1ccccc1NS(=O)(=O)c1ccc(OC)cc1OC. The van der Waals surface area contributed by atoms with E-state index in [1.807, 2.05) is 6.92 Å². The third-order valence-electron chi connectivity index (χ3n) is 3.09. The number of ether oxygens (including phenoxy) is 3. The van der Waals surface area contributed by atoms with Gasteiger partial charge < -0.3 is 14.2 Å². The highest BCUT2D eigenvalue weighted by Crippen LogP contribution is 2.32. The highest BCUT2D eigenvalue weighted by atomic mass is 32.2. The molecule has 0 radical (unpaired) electrons. The van der Waals surface area contributed by atoms with Crippen LogP contribution in [0.25, 0.3) is 0 Å². The molecule has 0 aromatic heterocycles. The Morgan fingerprint density at radius 2 is 1.74 bits per heavy atom. The summed E-state index contributed by atoms with van der Waals surface area (Å²) < 4.78 is 43.5. The maximum Gasteiger partial charge on any atom is 0.265 e. The summed E-state index contributed by atoms with van der Waals surface area (Å²) in [6.07, 6.45) is 0. The molecule has 0 amide bonds. The molecular formula is C16H19NO5S. The number of hydrogen-bond donors (Lipinski definition) is 1. The number of nitrogens with one attached hydrogen (secondary N) is 1. The molecule has 0 bridgehead atoms. The normalized spacial score (nSPS) is 10.9. The first-order valence-corrected chi connectivity index (χ1v) is 8.46. The first kappa shape index (κ1) is 17.0. The molecule has 0 aliphatic rings. The van der Waals surface area contributed by atoms with Gasteiger partial charge in [-0.3, -0.25) is 4.72 Å². The summed E-state index contributed by atoms with van der Waals surface area (Å²) in [5.74, 6) is 1.17. The van der Waals surface area contributed by atoms with Crippen LogP contribution in [-0.4, -0.2) is 29.2 Å². The second-order valence-corrected chi connectivity index (χ2v) is 6.20. The number of rotatable bonds is 7. The molecule has 0 atom stereocenters. The predicted molar refractivity (Wildman–Crippen MR) is 88.0 cm³/mol. The molecule has 7 heteroatoms. The molecule has 2 aromatic carbocycles. The van der Waals surface area contributed by atoms with Gasteiger partial charge in [0.1, 0.15) is 22.1 Å². The molecule has 1 N–H and O–H groups in total. The zero-order valence-electron chi connectivity index (χ0n) is 13.2. The minimum Gasteiger partial charge on any atom is -0.497 e. The van der Waals surface area contributed by atoms with E-state index in [0.717, 1.165) is 0 Å². The molecule has 0 saturated carbocycles. The van der Waals surface area contributed by atoms with Gasteiger partial charge in [-0.05, 0) is 31.2 Å². The van der Waals surface area contributed by atoms with Gasteiger partial charge in [0, 0.05) is 6.07 Å². The van der Waals surface area contributed by atoms with Gasteiger partial charge in [-0.2, -0.15) is 0 Å². The Balaban J connectivity index is 2.40. The molecule has 0 aliphatic heterocycles. The summed E-state index contributed by atoms with van der Waals surface area (Å²) in [6, 6.07) is 11.4. The summed E-state index contributed by atoms with van der Waals surface area (Å²) in [5, 5.41) is 0. The van der Waals surface area contributed by atoms with Crippen molar-refractivity contribution in [3.8, 4) is 17.2 Å². The third kappa shape index (κ3) is 3.87. The van der Waals surface area contributed by atoms with E-state index in [-0.39, 0.29) is 10.6 Å². The van der Waals surface area contributed by atoms with Gasteiger partial charge in [0.25, 0.3) is 10.0 Å². The number of anilines is 1. The summed E-state index contributed by atoms with van der Waals surface area (Å²) in [7, 11) is -0.928. The Labute approximate surface area is 136 Å². The van der Waals surface area contributed by atoms with E-state index in [9.17, 15) is 8.42 Å². The molecule has 2 rings (SSSR count). The van der Waals surface area contributed by atoms with Crippen LogP contribution in [0.3, 0.4) is 0 Å². The van der Waals surface area contributed by atoms with Crippen molar-refractivity contribution in [2.24, 2.45) is 0 Å². The van der Waals surface area contributed by atoms with Gasteiger partial charge in [-0.15, -0.1) is 0 Å². The Morgan fingerprint density at radius 1 is 1.00 bits per heavy atom. The Bertz CT molecular complexity index is 774. The first-order chi connectivity index (χ1) is 11.0. The number of benzene rings is 2. The molecule has 0 aliphatic carbocycles. The molecule has 6 nitrogen and oxygen atoms in total. The standard InChI is InChI=1S/C16H19NO5S/c1-4-22-14-8-6-5-7-13(14)17-23(18,19)16-10-9-12(20-2)11-15(16)21-3/h5-11,17H,4H2,1-3H3. The lowest BCUT2D eigenvalue weighted by Crippen LogP contribution is -2.15. The lowest BCUT2D eigenvalue weighted by Gasteiger charge is -2.15. The maximum absolute atomic E-state index is 12.6. The minimum atomic E-state index is -3.83. The van der Waals surface area contributed by atoms with Gasteiger partial charge in [0.15, 0.2) is 0 Å². The first-order valence-electron chi connectivity index (χ1n) is 6.98. The summed E-state index contributed by atoms with van der Waals surface area (Å²) in [5.41, 5.74) is 0.368. The highest BCUT2D eigenvalue weighted by molar-refractivity contribution is 7.92. The second kappa shape index (κ2) is 7.23. The predicted octanol–water partition coefficient (Wildman–Crippen LogP) is 2.90. The van der Waals surface area contributed by atoms with Crippen LogP contribution in [0.1, 0.15) is 6.92 Å². The average Bonchev–Trinajstić information content (AvgIpc) is 2.56. The smallest absolute Gasteiger partial charge is 0.265 e. The van der Waals surface area contributed by atoms with Crippen LogP contribution in [0.15, 0.2) is 47.4 Å². The van der Waals surface area contributed by atoms with Crippen LogP contribution in [-0.2, 0) is 10.0 Å². The van der Waals surface area contributed by atoms with Crippen molar-refractivity contribution in [3.63, 3.8) is 0 Å². The Kier molecular flexibility index (Phi) is 5.33. The Hall–Kier alpha value is -2.41. The quantitative estimate of drug-likeness (QED) is 0.841. The topological polar surface area (TPSA) is 73.9 Å². The van der Waals surface area contributed by atoms with Crippen molar-refractivity contribution >= 4 is 15.7 Å². The van der Waals surface area contributed by atoms with Crippen LogP contribution >= 0.6 is 0 Å². The van der Waals surface area contributed by atoms with Gasteiger partial charge >= 0.3 is 0 Å². The zero-order chi connectivity index (χ0) is 16.9. The summed E-state index contributed by atoms with van der Waals surface area (Å²) in [4.78, 5) is 0.0205. The minimum absolute atomic E-state index is 0.0205. The fourth-order valence-electron chi connectivity index (χ4n) is 2.03. The van der Waals surface area contributed by atoms with Crippen molar-refractivity contribution in [1.29, 1.82) is 0 Å². The maximum atomic E-state index is 12.6. The van der Waals surface area contributed by atoms with Crippen LogP contribution in [0.4, 0.5) is 5.69 Å². The lowest BCUT2D eigenvalue weighted by molar-refractivity contribution is 0.342. The fourth-order valence-corrected chi connectivity index (χ4v) is 3.25. The van der Waals surface area contributed by atoms with Crippen molar-refractivity contribution in [2.75, 3.05) is 25.5 Å². The van der Waals surface area contributed by atoms with Crippen LogP contribution in [0.5, 0.6) is 17.2 Å². The highest BCUT2D eigenvalue weighted by Gasteiger charge is 2.21. The molecular weight excluding hydrogens is 318 g/mol. The average molecular weight is 337 g/mol. The molecule has 0 heterocycles. The number of sulfonamides is 1. The molecule has 0 saturated heterocycles. The second-order valence-electron chi connectivity index (χ2n) is 4.55. The summed E-state index contributed by atoms with van der Waals surface area (Å²) in [6.45, 7) is 2.27. The van der Waals surface area contributed by atoms with Gasteiger partial charge in [0.2, 0.25) is 0 Å². The molecule has 2 aromatic rings. The van der Waals surface area contributed by atoms with Gasteiger partial charge in [0.05, 0.1) is 26.5 Å². The van der Waals surface area contributed by atoms with E-state index in [1.54, 1.807) is 30.3 Å². The van der Waals surface area contributed by atoms with Crippen LogP contribution < -0.4 is 18.9 Å². The number of methoxy groups -OCH3 is 2. The van der Waals surface area contributed by atoms with E-state index >= 15 is 0 Å². The van der Waals surface area contributed by atoms with Crippen molar-refractivity contribution in [1.82, 2.24) is 0 Å². The van der Waals surface area contributed by atoms with Crippen molar-refractivity contribution in [3.05, 3.63) is 42.5 Å². The Morgan fingerprint density at radius 3 is 2.39 bits per heavy atom. The third-order valence-corrected chi connectivity index (χ3v) is 4.50. The fraction of sp³-hybridized carbons (Fsp3) is 0.250. The van der Waals surface area contributed by atoms with E-state index in [1.165, 1.54) is 26.4 Å². The van der Waals surface area contributed by atoms with E-state index in [4.69, 9.17) is 14.2 Å². The molecule has 0 spiro atoms. The van der Waals surface area contributed by atoms with Crippen molar-refractivity contribution in [2.45, 2.75) is 11.8 Å². The largest absolute Gasteiger partial charge is 0.497 e.